The van der Waals surface area contributed by atoms with Gasteiger partial charge in [-0.05, 0) is 40.8 Å². The topological polar surface area (TPSA) is 53.4 Å². The zero-order valence-electron chi connectivity index (χ0n) is 11.3. The molecule has 1 N–H and O–H groups in total. The number of carbonyl (C=O) groups is 1. The highest BCUT2D eigenvalue weighted by Crippen LogP contribution is 2.30. The van der Waals surface area contributed by atoms with Gasteiger partial charge >= 0.3 is 5.97 Å². The van der Waals surface area contributed by atoms with Gasteiger partial charge in [-0.1, -0.05) is 19.8 Å². The Balaban J connectivity index is 2.27. The Morgan fingerprint density at radius 1 is 1.53 bits per heavy atom. The summed E-state index contributed by atoms with van der Waals surface area (Å²) in [5.74, 6) is 0.333. The molecule has 1 heterocycles. The third-order valence-corrected chi connectivity index (χ3v) is 4.29. The maximum atomic E-state index is 11.3. The van der Waals surface area contributed by atoms with Crippen molar-refractivity contribution >= 4 is 27.7 Å². The number of rotatable bonds is 3. The van der Waals surface area contributed by atoms with Crippen LogP contribution in [-0.4, -0.2) is 29.1 Å². The van der Waals surface area contributed by atoms with Crippen molar-refractivity contribution < 1.29 is 9.90 Å². The normalized spacial score (nSPS) is 23.1. The number of nitrogens with zero attached hydrogens (tertiary/aromatic N) is 2. The van der Waals surface area contributed by atoms with Crippen molar-refractivity contribution in [2.24, 2.45) is 5.92 Å². The van der Waals surface area contributed by atoms with Gasteiger partial charge in [0.1, 0.15) is 11.4 Å². The first-order valence-corrected chi connectivity index (χ1v) is 7.40. The van der Waals surface area contributed by atoms with Crippen molar-refractivity contribution in [3.63, 3.8) is 0 Å². The number of halogens is 1. The maximum absolute atomic E-state index is 11.3. The van der Waals surface area contributed by atoms with Crippen molar-refractivity contribution in [3.8, 4) is 0 Å². The van der Waals surface area contributed by atoms with Gasteiger partial charge in [0.2, 0.25) is 0 Å². The number of pyridine rings is 1. The molecule has 2 unspecified atom stereocenters. The second-order valence-corrected chi connectivity index (χ2v) is 6.28. The van der Waals surface area contributed by atoms with Gasteiger partial charge in [0.25, 0.3) is 0 Å². The lowest BCUT2D eigenvalue weighted by atomic mass is 9.86. The van der Waals surface area contributed by atoms with Crippen LogP contribution in [0.25, 0.3) is 0 Å². The van der Waals surface area contributed by atoms with Crippen LogP contribution in [0.4, 0.5) is 5.82 Å². The summed E-state index contributed by atoms with van der Waals surface area (Å²) < 4.78 is 0.694. The average molecular weight is 327 g/mol. The van der Waals surface area contributed by atoms with Crippen molar-refractivity contribution in [3.05, 3.63) is 22.3 Å². The Bertz CT molecular complexity index is 479. The van der Waals surface area contributed by atoms with E-state index in [2.05, 4.69) is 27.8 Å². The zero-order chi connectivity index (χ0) is 14.0. The lowest BCUT2D eigenvalue weighted by Crippen LogP contribution is -2.37. The lowest BCUT2D eigenvalue weighted by molar-refractivity contribution is 0.0697. The summed E-state index contributed by atoms with van der Waals surface area (Å²) >= 11 is 3.27. The molecule has 5 heteroatoms. The minimum Gasteiger partial charge on any atom is -0.478 e. The molecule has 104 valence electrons. The summed E-state index contributed by atoms with van der Waals surface area (Å²) in [7, 11) is 1.95. The van der Waals surface area contributed by atoms with Crippen LogP contribution in [0.1, 0.15) is 43.0 Å². The molecule has 0 aromatic carbocycles. The molecule has 1 aromatic heterocycles. The van der Waals surface area contributed by atoms with E-state index >= 15 is 0 Å². The minimum atomic E-state index is -0.931. The third-order valence-electron chi connectivity index (χ3n) is 3.85. The largest absolute Gasteiger partial charge is 0.478 e. The Hall–Kier alpha value is -1.10. The molecule has 2 rings (SSSR count). The van der Waals surface area contributed by atoms with Gasteiger partial charge in [0, 0.05) is 23.8 Å². The Morgan fingerprint density at radius 3 is 2.89 bits per heavy atom. The van der Waals surface area contributed by atoms with Crippen LogP contribution >= 0.6 is 15.9 Å². The highest BCUT2D eigenvalue weighted by Gasteiger charge is 2.26. The van der Waals surface area contributed by atoms with E-state index in [0.29, 0.717) is 22.3 Å². The van der Waals surface area contributed by atoms with Gasteiger partial charge in [-0.15, -0.1) is 0 Å². The van der Waals surface area contributed by atoms with Gasteiger partial charge in [0.05, 0.1) is 0 Å². The highest BCUT2D eigenvalue weighted by molar-refractivity contribution is 9.10. The lowest BCUT2D eigenvalue weighted by Gasteiger charge is -2.35. The summed E-state index contributed by atoms with van der Waals surface area (Å²) in [4.78, 5) is 17.7. The molecular formula is C14H19BrN2O2. The standard InChI is InChI=1S/C14H19BrN2O2/c1-9-4-3-5-11(6-9)17(2)13-12(14(18)19)7-10(15)8-16-13/h7-9,11H,3-6H2,1-2H3,(H,18,19). The van der Waals surface area contributed by atoms with Crippen LogP contribution in [0.5, 0.6) is 0 Å². The smallest absolute Gasteiger partial charge is 0.339 e. The molecule has 0 radical (unpaired) electrons. The molecule has 1 saturated carbocycles. The van der Waals surface area contributed by atoms with Crippen molar-refractivity contribution in [2.45, 2.75) is 38.6 Å². The Labute approximate surface area is 122 Å². The van der Waals surface area contributed by atoms with Crippen LogP contribution in [0.2, 0.25) is 0 Å². The first kappa shape index (κ1) is 14.3. The fourth-order valence-corrected chi connectivity index (χ4v) is 3.13. The molecule has 19 heavy (non-hydrogen) atoms. The first-order chi connectivity index (χ1) is 8.99. The minimum absolute atomic E-state index is 0.259. The Morgan fingerprint density at radius 2 is 2.26 bits per heavy atom. The van der Waals surface area contributed by atoms with E-state index < -0.39 is 5.97 Å². The van der Waals surface area contributed by atoms with E-state index in [1.54, 1.807) is 12.3 Å². The monoisotopic (exact) mass is 326 g/mol. The molecule has 2 atom stereocenters. The molecule has 1 fully saturated rings. The molecule has 1 aromatic rings. The van der Waals surface area contributed by atoms with E-state index in [-0.39, 0.29) is 5.56 Å². The second-order valence-electron chi connectivity index (χ2n) is 5.37. The summed E-state index contributed by atoms with van der Waals surface area (Å²) in [6.07, 6.45) is 6.34. The van der Waals surface area contributed by atoms with E-state index in [4.69, 9.17) is 0 Å². The molecule has 0 aliphatic heterocycles. The molecule has 0 amide bonds. The van der Waals surface area contributed by atoms with Crippen LogP contribution in [0.15, 0.2) is 16.7 Å². The quantitative estimate of drug-likeness (QED) is 0.922. The Kier molecular flexibility index (Phi) is 4.45. The summed E-state index contributed by atoms with van der Waals surface area (Å²) in [5, 5.41) is 9.30. The number of hydrogen-bond donors (Lipinski definition) is 1. The molecule has 4 nitrogen and oxygen atoms in total. The van der Waals surface area contributed by atoms with Crippen molar-refractivity contribution in [1.29, 1.82) is 0 Å². The summed E-state index contributed by atoms with van der Waals surface area (Å²) in [5.41, 5.74) is 0.259. The predicted molar refractivity (Wildman–Crippen MR) is 78.7 cm³/mol. The first-order valence-electron chi connectivity index (χ1n) is 6.60. The number of carboxylic acid groups (broad SMARTS) is 1. The molecule has 1 aliphatic carbocycles. The van der Waals surface area contributed by atoms with Gasteiger partial charge in [0.15, 0.2) is 0 Å². The molecule has 0 bridgehead atoms. The maximum Gasteiger partial charge on any atom is 0.339 e. The SMILES string of the molecule is CC1CCCC(N(C)c2ncc(Br)cc2C(=O)O)C1. The summed E-state index contributed by atoms with van der Waals surface area (Å²) in [6, 6.07) is 2.00. The second kappa shape index (κ2) is 5.90. The summed E-state index contributed by atoms with van der Waals surface area (Å²) in [6.45, 7) is 2.26. The van der Waals surface area contributed by atoms with Crippen LogP contribution < -0.4 is 4.90 Å². The van der Waals surface area contributed by atoms with Gasteiger partial charge in [-0.3, -0.25) is 0 Å². The highest BCUT2D eigenvalue weighted by atomic mass is 79.9. The molecular weight excluding hydrogens is 308 g/mol. The predicted octanol–water partition coefficient (Wildman–Crippen LogP) is 3.56. The number of hydrogen-bond acceptors (Lipinski definition) is 3. The van der Waals surface area contributed by atoms with E-state index in [0.717, 1.165) is 12.8 Å². The van der Waals surface area contributed by atoms with Crippen molar-refractivity contribution in [2.75, 3.05) is 11.9 Å². The molecule has 1 aliphatic rings. The fourth-order valence-electron chi connectivity index (χ4n) is 2.80. The molecule has 0 saturated heterocycles. The molecule has 0 spiro atoms. The van der Waals surface area contributed by atoms with Gasteiger partial charge in [-0.25, -0.2) is 9.78 Å². The van der Waals surface area contributed by atoms with E-state index in [1.165, 1.54) is 12.8 Å². The number of carboxylic acids is 1. The van der Waals surface area contributed by atoms with E-state index in [9.17, 15) is 9.90 Å². The van der Waals surface area contributed by atoms with Gasteiger partial charge in [-0.2, -0.15) is 0 Å². The van der Waals surface area contributed by atoms with Crippen LogP contribution in [0.3, 0.4) is 0 Å². The van der Waals surface area contributed by atoms with Crippen molar-refractivity contribution in [1.82, 2.24) is 4.98 Å². The zero-order valence-corrected chi connectivity index (χ0v) is 12.9. The average Bonchev–Trinajstić information content (AvgIpc) is 2.37. The number of aromatic nitrogens is 1. The number of aromatic carboxylic acids is 1. The van der Waals surface area contributed by atoms with E-state index in [1.807, 2.05) is 11.9 Å². The number of anilines is 1. The van der Waals surface area contributed by atoms with Gasteiger partial charge < -0.3 is 10.0 Å². The fraction of sp³-hybridized carbons (Fsp3) is 0.571. The van der Waals surface area contributed by atoms with Crippen LogP contribution in [0, 0.1) is 5.92 Å². The van der Waals surface area contributed by atoms with Crippen LogP contribution in [-0.2, 0) is 0 Å². The third kappa shape index (κ3) is 3.26.